The van der Waals surface area contributed by atoms with E-state index in [9.17, 15) is 4.79 Å². The number of benzene rings is 2. The molecule has 0 aliphatic rings. The van der Waals surface area contributed by atoms with Gasteiger partial charge in [-0.1, -0.05) is 47.7 Å². The van der Waals surface area contributed by atoms with Gasteiger partial charge in [0.05, 0.1) is 6.04 Å². The summed E-state index contributed by atoms with van der Waals surface area (Å²) >= 11 is 4.38. The summed E-state index contributed by atoms with van der Waals surface area (Å²) in [6, 6.07) is 18.4. The molecule has 0 spiro atoms. The van der Waals surface area contributed by atoms with E-state index < -0.39 is 0 Å². The summed E-state index contributed by atoms with van der Waals surface area (Å²) in [6.07, 6.45) is 3.49. The first-order valence-corrected chi connectivity index (χ1v) is 10.2. The number of H-pyrrole nitrogens is 1. The Kier molecular flexibility index (Phi) is 5.76. The smallest absolute Gasteiger partial charge is 0.281 e. The molecule has 2 aromatic carbocycles. The summed E-state index contributed by atoms with van der Waals surface area (Å²) < 4.78 is 1.77. The van der Waals surface area contributed by atoms with Crippen LogP contribution in [-0.4, -0.2) is 25.0 Å². The van der Waals surface area contributed by atoms with Gasteiger partial charge in [-0.15, -0.1) is 17.7 Å². The summed E-state index contributed by atoms with van der Waals surface area (Å²) in [5.41, 5.74) is 2.93. The monoisotopic (exact) mass is 405 g/mol. The van der Waals surface area contributed by atoms with Crippen molar-refractivity contribution in [3.05, 3.63) is 81.9 Å². The van der Waals surface area contributed by atoms with E-state index in [0.717, 1.165) is 29.7 Å². The van der Waals surface area contributed by atoms with Crippen LogP contribution in [0.2, 0.25) is 0 Å². The van der Waals surface area contributed by atoms with Crippen LogP contribution in [0.25, 0.3) is 11.2 Å². The highest BCUT2D eigenvalue weighted by molar-refractivity contribution is 7.80. The van der Waals surface area contributed by atoms with Crippen LogP contribution in [0, 0.1) is 0 Å². The molecule has 0 aliphatic heterocycles. The van der Waals surface area contributed by atoms with Crippen LogP contribution < -0.4 is 5.56 Å². The minimum absolute atomic E-state index is 0.103. The van der Waals surface area contributed by atoms with Gasteiger partial charge in [0.25, 0.3) is 5.56 Å². The van der Waals surface area contributed by atoms with Gasteiger partial charge in [0.2, 0.25) is 0 Å². The first-order valence-electron chi connectivity index (χ1n) is 9.76. The molecule has 0 saturated carbocycles. The second-order valence-corrected chi connectivity index (χ2v) is 7.81. The van der Waals surface area contributed by atoms with Gasteiger partial charge < -0.3 is 4.98 Å². The van der Waals surface area contributed by atoms with Crippen LogP contribution in [0.3, 0.4) is 0 Å². The zero-order valence-corrected chi connectivity index (χ0v) is 17.1. The molecule has 0 amide bonds. The highest BCUT2D eigenvalue weighted by atomic mass is 32.1. The van der Waals surface area contributed by atoms with Gasteiger partial charge >= 0.3 is 0 Å². The molecule has 0 fully saturated rings. The van der Waals surface area contributed by atoms with Crippen molar-refractivity contribution in [1.82, 2.24) is 25.0 Å². The third-order valence-electron chi connectivity index (χ3n) is 5.01. The lowest BCUT2D eigenvalue weighted by molar-refractivity contribution is 0.444. The molecule has 0 saturated heterocycles. The normalized spacial score (nSPS) is 12.3. The molecule has 0 bridgehead atoms. The van der Waals surface area contributed by atoms with Crippen LogP contribution >= 0.6 is 12.6 Å². The first kappa shape index (κ1) is 19.4. The number of fused-ring (bicyclic) bond motifs is 1. The third-order valence-corrected chi connectivity index (χ3v) is 5.29. The molecular formula is C22H23N5OS. The lowest BCUT2D eigenvalue weighted by Gasteiger charge is -2.12. The predicted octanol–water partition coefficient (Wildman–Crippen LogP) is 3.98. The summed E-state index contributed by atoms with van der Waals surface area (Å²) in [4.78, 5) is 20.8. The van der Waals surface area contributed by atoms with Crippen molar-refractivity contribution in [2.45, 2.75) is 43.5 Å². The highest BCUT2D eigenvalue weighted by Crippen LogP contribution is 2.18. The molecule has 1 N–H and O–H groups in total. The van der Waals surface area contributed by atoms with Crippen LogP contribution in [0.4, 0.5) is 0 Å². The molecule has 2 aromatic heterocycles. The molecule has 4 rings (SSSR count). The van der Waals surface area contributed by atoms with Gasteiger partial charge in [0.1, 0.15) is 5.82 Å². The average molecular weight is 406 g/mol. The topological polar surface area (TPSA) is 76.5 Å². The fraction of sp³-hybridized carbons (Fsp3) is 0.273. The molecule has 6 nitrogen and oxygen atoms in total. The second kappa shape index (κ2) is 8.61. The van der Waals surface area contributed by atoms with E-state index in [2.05, 4.69) is 64.1 Å². The van der Waals surface area contributed by atoms with Gasteiger partial charge in [-0.05, 0) is 49.4 Å². The molecule has 148 valence electrons. The van der Waals surface area contributed by atoms with E-state index in [1.165, 1.54) is 5.56 Å². The molecule has 7 heteroatoms. The predicted molar refractivity (Wildman–Crippen MR) is 117 cm³/mol. The minimum Gasteiger partial charge on any atom is -0.308 e. The Hall–Kier alpha value is -2.93. The lowest BCUT2D eigenvalue weighted by Crippen LogP contribution is -2.15. The van der Waals surface area contributed by atoms with Crippen LogP contribution in [0.1, 0.15) is 42.8 Å². The van der Waals surface area contributed by atoms with E-state index in [1.54, 1.807) is 4.68 Å². The maximum absolute atomic E-state index is 12.5. The fourth-order valence-corrected chi connectivity index (χ4v) is 3.75. The molecule has 4 aromatic rings. The lowest BCUT2D eigenvalue weighted by atomic mass is 10.1. The maximum Gasteiger partial charge on any atom is 0.281 e. The molecule has 1 atom stereocenters. The Morgan fingerprint density at radius 2 is 1.90 bits per heavy atom. The SMILES string of the molecule is CC(CCCc1ccccc1)n1nnc2c(=O)[nH]c(Cc3cccc(S)c3)nc21. The molecule has 1 unspecified atom stereocenters. The molecule has 0 radical (unpaired) electrons. The van der Waals surface area contributed by atoms with E-state index in [1.807, 2.05) is 30.3 Å². The zero-order valence-electron chi connectivity index (χ0n) is 16.2. The first-order chi connectivity index (χ1) is 14.1. The van der Waals surface area contributed by atoms with E-state index in [4.69, 9.17) is 0 Å². The Balaban J connectivity index is 1.53. The molecular weight excluding hydrogens is 382 g/mol. The summed E-state index contributed by atoms with van der Waals surface area (Å²) in [7, 11) is 0. The second-order valence-electron chi connectivity index (χ2n) is 7.29. The van der Waals surface area contributed by atoms with Gasteiger partial charge in [-0.2, -0.15) is 0 Å². The van der Waals surface area contributed by atoms with Crippen molar-refractivity contribution in [2.75, 3.05) is 0 Å². The van der Waals surface area contributed by atoms with Gasteiger partial charge in [0.15, 0.2) is 11.2 Å². The molecule has 0 aliphatic carbocycles. The van der Waals surface area contributed by atoms with Gasteiger partial charge in [-0.25, -0.2) is 9.67 Å². The number of nitrogens with zero attached hydrogens (tertiary/aromatic N) is 4. The average Bonchev–Trinajstić information content (AvgIpc) is 3.13. The van der Waals surface area contributed by atoms with E-state index in [0.29, 0.717) is 17.9 Å². The van der Waals surface area contributed by atoms with Crippen molar-refractivity contribution in [3.63, 3.8) is 0 Å². The quantitative estimate of drug-likeness (QED) is 0.456. The largest absolute Gasteiger partial charge is 0.308 e. The Morgan fingerprint density at radius 3 is 2.69 bits per heavy atom. The number of aryl methyl sites for hydroxylation is 1. The molecule has 29 heavy (non-hydrogen) atoms. The summed E-state index contributed by atoms with van der Waals surface area (Å²) in [5.74, 6) is 0.599. The molecule has 2 heterocycles. The highest BCUT2D eigenvalue weighted by Gasteiger charge is 2.16. The standard InChI is InChI=1S/C22H23N5OS/c1-15(7-5-10-16-8-3-2-4-9-16)27-21-20(25-26-27)22(28)24-19(23-21)14-17-11-6-12-18(29)13-17/h2-4,6,8-9,11-13,15,29H,5,7,10,14H2,1H3,(H,23,24,28). The number of hydrogen-bond acceptors (Lipinski definition) is 5. The minimum atomic E-state index is -0.255. The van der Waals surface area contributed by atoms with Gasteiger partial charge in [0, 0.05) is 11.3 Å². The van der Waals surface area contributed by atoms with Crippen molar-refractivity contribution in [1.29, 1.82) is 0 Å². The van der Waals surface area contributed by atoms with E-state index in [-0.39, 0.29) is 17.1 Å². The Morgan fingerprint density at radius 1 is 1.10 bits per heavy atom. The number of thiol groups is 1. The van der Waals surface area contributed by atoms with Crippen molar-refractivity contribution in [3.8, 4) is 0 Å². The fourth-order valence-electron chi connectivity index (χ4n) is 3.49. The maximum atomic E-state index is 12.5. The number of aromatic nitrogens is 5. The third kappa shape index (κ3) is 4.56. The van der Waals surface area contributed by atoms with Crippen LogP contribution in [0.5, 0.6) is 0 Å². The van der Waals surface area contributed by atoms with Crippen LogP contribution in [0.15, 0.2) is 64.3 Å². The van der Waals surface area contributed by atoms with Crippen molar-refractivity contribution in [2.24, 2.45) is 0 Å². The van der Waals surface area contributed by atoms with E-state index >= 15 is 0 Å². The number of rotatable bonds is 7. The summed E-state index contributed by atoms with van der Waals surface area (Å²) in [6.45, 7) is 2.09. The number of hydrogen-bond donors (Lipinski definition) is 2. The van der Waals surface area contributed by atoms with Crippen LogP contribution in [-0.2, 0) is 12.8 Å². The Bertz CT molecular complexity index is 1170. The Labute approximate surface area is 174 Å². The van der Waals surface area contributed by atoms with Crippen molar-refractivity contribution < 1.29 is 0 Å². The number of aromatic amines is 1. The van der Waals surface area contributed by atoms with Crippen molar-refractivity contribution >= 4 is 23.8 Å². The number of nitrogens with one attached hydrogen (secondary N) is 1. The summed E-state index contributed by atoms with van der Waals surface area (Å²) in [5, 5.41) is 8.28. The van der Waals surface area contributed by atoms with Gasteiger partial charge in [-0.3, -0.25) is 4.79 Å². The zero-order chi connectivity index (χ0) is 20.2.